The molecule has 0 aromatic carbocycles. The first-order valence-electron chi connectivity index (χ1n) is 20.6. The molecule has 6 nitrogen and oxygen atoms in total. The summed E-state index contributed by atoms with van der Waals surface area (Å²) in [7, 11) is 0. The highest BCUT2D eigenvalue weighted by atomic mass is 16.7. The number of hydrogen-bond donors (Lipinski definition) is 2. The van der Waals surface area contributed by atoms with Crippen molar-refractivity contribution in [1.82, 2.24) is 11.0 Å². The molecule has 0 saturated heterocycles. The molecule has 0 spiro atoms. The van der Waals surface area contributed by atoms with Crippen molar-refractivity contribution in [3.8, 4) is 0 Å². The lowest BCUT2D eigenvalue weighted by Gasteiger charge is -2.07. The van der Waals surface area contributed by atoms with Crippen LogP contribution in [0.2, 0.25) is 0 Å². The van der Waals surface area contributed by atoms with Gasteiger partial charge in [-0.05, 0) is 12.8 Å². The van der Waals surface area contributed by atoms with Gasteiger partial charge < -0.3 is 9.68 Å². The van der Waals surface area contributed by atoms with E-state index in [-0.39, 0.29) is 12.8 Å². The summed E-state index contributed by atoms with van der Waals surface area (Å²) in [6.07, 6.45) is 43.0. The Bertz CT molecular complexity index is 564. The van der Waals surface area contributed by atoms with Gasteiger partial charge in [0.2, 0.25) is 0 Å². The molecule has 46 heavy (non-hydrogen) atoms. The summed E-state index contributed by atoms with van der Waals surface area (Å²) in [5.74, 6) is -0.822. The monoisotopic (exact) mass is 653 g/mol. The van der Waals surface area contributed by atoms with E-state index in [9.17, 15) is 9.59 Å². The van der Waals surface area contributed by atoms with Crippen LogP contribution in [-0.4, -0.2) is 25.0 Å². The fraction of sp³-hybridized carbons (Fsp3) is 0.950. The van der Waals surface area contributed by atoms with E-state index < -0.39 is 11.9 Å². The van der Waals surface area contributed by atoms with Crippen molar-refractivity contribution >= 4 is 11.9 Å². The standard InChI is InChI=1S/C40H80N2O4/c1-3-5-7-9-11-13-15-17-19-21-23-25-27-29-31-33-37-41-45-39(43)35-36-40(44)46-42-38-34-32-30-28-26-24-22-20-18-16-14-12-10-8-6-4-2/h41-42H,3-38H2,1-2H3. The molecule has 0 aliphatic rings. The second-order valence-electron chi connectivity index (χ2n) is 13.8. The topological polar surface area (TPSA) is 76.7 Å². The molecule has 0 rings (SSSR count). The van der Waals surface area contributed by atoms with E-state index in [0.717, 1.165) is 25.7 Å². The van der Waals surface area contributed by atoms with Gasteiger partial charge in [-0.1, -0.05) is 206 Å². The van der Waals surface area contributed by atoms with Gasteiger partial charge in [-0.3, -0.25) is 9.59 Å². The molecule has 0 aromatic rings. The van der Waals surface area contributed by atoms with Gasteiger partial charge in [-0.25, -0.2) is 0 Å². The van der Waals surface area contributed by atoms with E-state index in [1.165, 1.54) is 180 Å². The quantitative estimate of drug-likeness (QED) is 0.0508. The SMILES string of the molecule is CCCCCCCCCCCCCCCCCCNOC(=O)CCC(=O)ONCCCCCCCCCCCCCCCCCC. The Morgan fingerprint density at radius 3 is 0.739 bits per heavy atom. The van der Waals surface area contributed by atoms with E-state index in [1.54, 1.807) is 0 Å². The van der Waals surface area contributed by atoms with Gasteiger partial charge in [0.15, 0.2) is 0 Å². The van der Waals surface area contributed by atoms with Gasteiger partial charge >= 0.3 is 11.9 Å². The number of hydroxylamine groups is 2. The number of unbranched alkanes of at least 4 members (excludes halogenated alkanes) is 30. The largest absolute Gasteiger partial charge is 0.371 e. The molecule has 0 bridgehead atoms. The van der Waals surface area contributed by atoms with E-state index in [0.29, 0.717) is 13.1 Å². The molecule has 2 N–H and O–H groups in total. The Morgan fingerprint density at radius 1 is 0.326 bits per heavy atom. The van der Waals surface area contributed by atoms with Crippen LogP contribution in [-0.2, 0) is 19.3 Å². The lowest BCUT2D eigenvalue weighted by atomic mass is 10.0. The van der Waals surface area contributed by atoms with Crippen molar-refractivity contribution in [1.29, 1.82) is 0 Å². The van der Waals surface area contributed by atoms with Gasteiger partial charge in [0.25, 0.3) is 0 Å². The minimum absolute atomic E-state index is 0.0333. The lowest BCUT2D eigenvalue weighted by Crippen LogP contribution is -2.24. The third kappa shape index (κ3) is 39.0. The first kappa shape index (κ1) is 44.9. The van der Waals surface area contributed by atoms with Crippen molar-refractivity contribution in [2.75, 3.05) is 13.1 Å². The number of nitrogens with one attached hydrogen (secondary N) is 2. The third-order valence-corrected chi connectivity index (χ3v) is 9.17. The van der Waals surface area contributed by atoms with Crippen molar-refractivity contribution in [3.63, 3.8) is 0 Å². The average molecular weight is 653 g/mol. The van der Waals surface area contributed by atoms with Crippen molar-refractivity contribution in [3.05, 3.63) is 0 Å². The number of rotatable bonds is 39. The van der Waals surface area contributed by atoms with Gasteiger partial charge in [-0.2, -0.15) is 11.0 Å². The second kappa shape index (κ2) is 40.0. The maximum absolute atomic E-state index is 11.8. The van der Waals surface area contributed by atoms with Crippen LogP contribution in [0.5, 0.6) is 0 Å². The van der Waals surface area contributed by atoms with Crippen molar-refractivity contribution in [2.24, 2.45) is 0 Å². The Morgan fingerprint density at radius 2 is 0.522 bits per heavy atom. The molecule has 0 saturated carbocycles. The summed E-state index contributed by atoms with van der Waals surface area (Å²) >= 11 is 0. The average Bonchev–Trinajstić information content (AvgIpc) is 3.06. The molecule has 0 aromatic heterocycles. The van der Waals surface area contributed by atoms with Crippen LogP contribution < -0.4 is 11.0 Å². The van der Waals surface area contributed by atoms with Crippen LogP contribution in [0.3, 0.4) is 0 Å². The molecule has 0 atom stereocenters. The molecule has 0 aliphatic carbocycles. The zero-order valence-electron chi connectivity index (χ0n) is 31.1. The van der Waals surface area contributed by atoms with Crippen LogP contribution in [0.25, 0.3) is 0 Å². The number of hydrogen-bond acceptors (Lipinski definition) is 6. The first-order chi connectivity index (χ1) is 22.7. The maximum Gasteiger partial charge on any atom is 0.325 e. The lowest BCUT2D eigenvalue weighted by molar-refractivity contribution is -0.158. The van der Waals surface area contributed by atoms with Gasteiger partial charge in [0.1, 0.15) is 0 Å². The summed E-state index contributed by atoms with van der Waals surface area (Å²) < 4.78 is 0. The van der Waals surface area contributed by atoms with E-state index in [4.69, 9.17) is 9.68 Å². The highest BCUT2D eigenvalue weighted by Crippen LogP contribution is 2.15. The highest BCUT2D eigenvalue weighted by molar-refractivity contribution is 5.77. The highest BCUT2D eigenvalue weighted by Gasteiger charge is 2.09. The van der Waals surface area contributed by atoms with Gasteiger partial charge in [-0.15, -0.1) is 0 Å². The fourth-order valence-electron chi connectivity index (χ4n) is 6.06. The molecular weight excluding hydrogens is 572 g/mol. The van der Waals surface area contributed by atoms with Crippen LogP contribution in [0.1, 0.15) is 232 Å². The molecule has 0 aliphatic heterocycles. The van der Waals surface area contributed by atoms with Crippen LogP contribution in [0, 0.1) is 0 Å². The number of carbonyl (C=O) groups is 2. The Hall–Kier alpha value is -1.14. The molecule has 0 amide bonds. The Kier molecular flexibility index (Phi) is 39.0. The minimum atomic E-state index is -0.411. The Labute approximate surface area is 287 Å². The molecule has 0 fully saturated rings. The summed E-state index contributed by atoms with van der Waals surface area (Å²) in [6, 6.07) is 0. The summed E-state index contributed by atoms with van der Waals surface area (Å²) in [5.41, 5.74) is 5.49. The first-order valence-corrected chi connectivity index (χ1v) is 20.6. The molecule has 0 radical (unpaired) electrons. The van der Waals surface area contributed by atoms with E-state index in [2.05, 4.69) is 24.8 Å². The molecule has 6 heteroatoms. The predicted octanol–water partition coefficient (Wildman–Crippen LogP) is 12.4. The smallest absolute Gasteiger partial charge is 0.325 e. The Balaban J connectivity index is 3.25. The molecular formula is C40H80N2O4. The third-order valence-electron chi connectivity index (χ3n) is 9.17. The number of carbonyl (C=O) groups excluding carboxylic acids is 2. The van der Waals surface area contributed by atoms with Gasteiger partial charge in [0.05, 0.1) is 12.8 Å². The summed E-state index contributed by atoms with van der Waals surface area (Å²) in [6.45, 7) is 5.88. The zero-order valence-corrected chi connectivity index (χ0v) is 31.1. The maximum atomic E-state index is 11.8. The summed E-state index contributed by atoms with van der Waals surface area (Å²) in [4.78, 5) is 33.8. The van der Waals surface area contributed by atoms with Gasteiger partial charge in [0, 0.05) is 13.1 Å². The molecule has 0 heterocycles. The summed E-state index contributed by atoms with van der Waals surface area (Å²) in [5, 5.41) is 0. The van der Waals surface area contributed by atoms with Crippen molar-refractivity contribution < 1.29 is 19.3 Å². The fourth-order valence-corrected chi connectivity index (χ4v) is 6.06. The van der Waals surface area contributed by atoms with Crippen LogP contribution in [0.4, 0.5) is 0 Å². The van der Waals surface area contributed by atoms with Crippen LogP contribution >= 0.6 is 0 Å². The normalized spacial score (nSPS) is 11.3. The van der Waals surface area contributed by atoms with Crippen molar-refractivity contribution in [2.45, 2.75) is 232 Å². The van der Waals surface area contributed by atoms with Crippen LogP contribution in [0.15, 0.2) is 0 Å². The van der Waals surface area contributed by atoms with E-state index in [1.807, 2.05) is 0 Å². The molecule has 274 valence electrons. The zero-order chi connectivity index (χ0) is 33.4. The van der Waals surface area contributed by atoms with E-state index >= 15 is 0 Å². The minimum Gasteiger partial charge on any atom is -0.371 e. The molecule has 0 unspecified atom stereocenters. The predicted molar refractivity (Wildman–Crippen MR) is 197 cm³/mol. The second-order valence-corrected chi connectivity index (χ2v) is 13.8.